The average Bonchev–Trinajstić information content (AvgIpc) is 2.20. The summed E-state index contributed by atoms with van der Waals surface area (Å²) in [6, 6.07) is 3.51. The molecule has 0 saturated heterocycles. The van der Waals surface area contributed by atoms with Gasteiger partial charge in [0.25, 0.3) is 0 Å². The number of ether oxygens (including phenoxy) is 1. The molecule has 1 aromatic rings. The molecule has 0 radical (unpaired) electrons. The Kier molecular flexibility index (Phi) is 4.35. The van der Waals surface area contributed by atoms with E-state index in [4.69, 9.17) is 15.6 Å². The Balaban J connectivity index is 2.62. The molecule has 0 amide bonds. The van der Waals surface area contributed by atoms with Crippen molar-refractivity contribution in [2.75, 3.05) is 13.2 Å². The lowest BCUT2D eigenvalue weighted by molar-refractivity contribution is 0.276. The summed E-state index contributed by atoms with van der Waals surface area (Å²) in [5.74, 6) is 0.604. The van der Waals surface area contributed by atoms with E-state index in [1.807, 2.05) is 13.0 Å². The van der Waals surface area contributed by atoms with Gasteiger partial charge in [-0.1, -0.05) is 6.07 Å². The zero-order chi connectivity index (χ0) is 10.4. The molecule has 4 nitrogen and oxygen atoms in total. The predicted octanol–water partition coefficient (Wildman–Crippen LogP) is 0.863. The van der Waals surface area contributed by atoms with Gasteiger partial charge in [0.2, 0.25) is 5.88 Å². The third-order valence-electron chi connectivity index (χ3n) is 1.92. The summed E-state index contributed by atoms with van der Waals surface area (Å²) in [5, 5.41) is 8.71. The molecule has 1 unspecified atom stereocenters. The van der Waals surface area contributed by atoms with E-state index < -0.39 is 0 Å². The van der Waals surface area contributed by atoms with E-state index in [2.05, 4.69) is 4.98 Å². The summed E-state index contributed by atoms with van der Waals surface area (Å²) in [5.41, 5.74) is 6.71. The molecule has 1 rings (SSSR count). The fourth-order valence-electron chi connectivity index (χ4n) is 1.15. The highest BCUT2D eigenvalue weighted by Crippen LogP contribution is 2.15. The van der Waals surface area contributed by atoms with E-state index in [0.717, 1.165) is 5.56 Å². The maximum Gasteiger partial charge on any atom is 0.213 e. The van der Waals surface area contributed by atoms with Crippen molar-refractivity contribution in [3.63, 3.8) is 0 Å². The number of pyridine rings is 1. The predicted molar refractivity (Wildman–Crippen MR) is 54.0 cm³/mol. The van der Waals surface area contributed by atoms with Crippen LogP contribution in [-0.2, 0) is 0 Å². The number of nitrogens with zero attached hydrogens (tertiary/aromatic N) is 1. The molecule has 1 heterocycles. The maximum atomic E-state index is 8.71. The molecule has 0 saturated carbocycles. The Labute approximate surface area is 83.7 Å². The number of aliphatic hydroxyl groups excluding tert-OH is 1. The van der Waals surface area contributed by atoms with Crippen LogP contribution in [0.4, 0.5) is 0 Å². The van der Waals surface area contributed by atoms with Crippen LogP contribution < -0.4 is 10.5 Å². The number of aliphatic hydroxyl groups is 1. The Morgan fingerprint density at radius 2 is 2.36 bits per heavy atom. The topological polar surface area (TPSA) is 68.4 Å². The van der Waals surface area contributed by atoms with Crippen molar-refractivity contribution in [3.05, 3.63) is 23.9 Å². The van der Waals surface area contributed by atoms with E-state index in [0.29, 0.717) is 18.9 Å². The van der Waals surface area contributed by atoms with Crippen molar-refractivity contribution in [1.82, 2.24) is 4.98 Å². The van der Waals surface area contributed by atoms with Crippen molar-refractivity contribution in [2.24, 2.45) is 5.73 Å². The minimum Gasteiger partial charge on any atom is -0.478 e. The molecule has 1 atom stereocenters. The van der Waals surface area contributed by atoms with Gasteiger partial charge < -0.3 is 15.6 Å². The quantitative estimate of drug-likeness (QED) is 0.733. The van der Waals surface area contributed by atoms with Gasteiger partial charge in [-0.05, 0) is 18.9 Å². The van der Waals surface area contributed by atoms with Crippen molar-refractivity contribution in [2.45, 2.75) is 19.4 Å². The van der Waals surface area contributed by atoms with Crippen LogP contribution >= 0.6 is 0 Å². The van der Waals surface area contributed by atoms with E-state index in [1.54, 1.807) is 12.3 Å². The Morgan fingerprint density at radius 3 is 2.86 bits per heavy atom. The molecule has 0 fully saturated rings. The van der Waals surface area contributed by atoms with Gasteiger partial charge in [0.15, 0.2) is 0 Å². The Hall–Kier alpha value is -1.13. The maximum absolute atomic E-state index is 8.71. The summed E-state index contributed by atoms with van der Waals surface area (Å²) in [6.07, 6.45) is 2.24. The molecule has 0 spiro atoms. The second-order valence-corrected chi connectivity index (χ2v) is 2.98. The SMILES string of the molecule is CCOc1ccc(C(N)CCO)cn1. The van der Waals surface area contributed by atoms with Gasteiger partial charge in [0.05, 0.1) is 6.61 Å². The van der Waals surface area contributed by atoms with Crippen molar-refractivity contribution >= 4 is 0 Å². The normalized spacial score (nSPS) is 12.5. The molecule has 14 heavy (non-hydrogen) atoms. The van der Waals surface area contributed by atoms with Crippen LogP contribution in [0.3, 0.4) is 0 Å². The zero-order valence-electron chi connectivity index (χ0n) is 8.31. The number of nitrogens with two attached hydrogens (primary N) is 1. The molecule has 0 aliphatic carbocycles. The summed E-state index contributed by atoms with van der Waals surface area (Å²) in [4.78, 5) is 4.09. The number of aromatic nitrogens is 1. The minimum atomic E-state index is -0.150. The first-order valence-electron chi connectivity index (χ1n) is 4.73. The standard InChI is InChI=1S/C10H16N2O2/c1-2-14-10-4-3-8(7-12-10)9(11)5-6-13/h3-4,7,9,13H,2,5-6,11H2,1H3. The first kappa shape index (κ1) is 10.9. The molecule has 0 aliphatic heterocycles. The molecule has 1 aromatic heterocycles. The van der Waals surface area contributed by atoms with E-state index in [9.17, 15) is 0 Å². The van der Waals surface area contributed by atoms with Crippen molar-refractivity contribution in [1.29, 1.82) is 0 Å². The molecule has 0 aliphatic rings. The summed E-state index contributed by atoms with van der Waals surface area (Å²) >= 11 is 0. The van der Waals surface area contributed by atoms with Crippen molar-refractivity contribution in [3.8, 4) is 5.88 Å². The van der Waals surface area contributed by atoms with Gasteiger partial charge in [-0.3, -0.25) is 0 Å². The fourth-order valence-corrected chi connectivity index (χ4v) is 1.15. The second kappa shape index (κ2) is 5.57. The van der Waals surface area contributed by atoms with Crippen molar-refractivity contribution < 1.29 is 9.84 Å². The highest BCUT2D eigenvalue weighted by molar-refractivity contribution is 5.20. The second-order valence-electron chi connectivity index (χ2n) is 2.98. The van der Waals surface area contributed by atoms with Crippen LogP contribution in [-0.4, -0.2) is 23.3 Å². The summed E-state index contributed by atoms with van der Waals surface area (Å²) in [7, 11) is 0. The average molecular weight is 196 g/mol. The van der Waals surface area contributed by atoms with Crippen LogP contribution in [0.25, 0.3) is 0 Å². The lowest BCUT2D eigenvalue weighted by Crippen LogP contribution is -2.12. The van der Waals surface area contributed by atoms with E-state index in [1.165, 1.54) is 0 Å². The van der Waals surface area contributed by atoms with E-state index >= 15 is 0 Å². The fraction of sp³-hybridized carbons (Fsp3) is 0.500. The van der Waals surface area contributed by atoms with Gasteiger partial charge in [-0.2, -0.15) is 0 Å². The van der Waals surface area contributed by atoms with Crippen LogP contribution in [0, 0.1) is 0 Å². The van der Waals surface area contributed by atoms with Gasteiger partial charge in [0, 0.05) is 24.9 Å². The van der Waals surface area contributed by atoms with E-state index in [-0.39, 0.29) is 12.6 Å². The minimum absolute atomic E-state index is 0.0916. The molecule has 0 bridgehead atoms. The monoisotopic (exact) mass is 196 g/mol. The van der Waals surface area contributed by atoms with Gasteiger partial charge in [0.1, 0.15) is 0 Å². The van der Waals surface area contributed by atoms with Crippen LogP contribution in [0.5, 0.6) is 5.88 Å². The van der Waals surface area contributed by atoms with Gasteiger partial charge in [-0.15, -0.1) is 0 Å². The number of hydrogen-bond donors (Lipinski definition) is 2. The highest BCUT2D eigenvalue weighted by atomic mass is 16.5. The Bertz CT molecular complexity index is 261. The molecular weight excluding hydrogens is 180 g/mol. The molecular formula is C10H16N2O2. The first-order chi connectivity index (χ1) is 6.77. The van der Waals surface area contributed by atoms with Crippen LogP contribution in [0.2, 0.25) is 0 Å². The first-order valence-corrected chi connectivity index (χ1v) is 4.73. The number of hydrogen-bond acceptors (Lipinski definition) is 4. The van der Waals surface area contributed by atoms with Crippen LogP contribution in [0.1, 0.15) is 24.9 Å². The largest absolute Gasteiger partial charge is 0.478 e. The summed E-state index contributed by atoms with van der Waals surface area (Å²) < 4.78 is 5.20. The third kappa shape index (κ3) is 2.97. The molecule has 3 N–H and O–H groups in total. The molecule has 0 aromatic carbocycles. The smallest absolute Gasteiger partial charge is 0.213 e. The number of rotatable bonds is 5. The molecule has 4 heteroatoms. The molecule has 78 valence electrons. The lowest BCUT2D eigenvalue weighted by atomic mass is 10.1. The van der Waals surface area contributed by atoms with Crippen LogP contribution in [0.15, 0.2) is 18.3 Å². The Morgan fingerprint density at radius 1 is 1.57 bits per heavy atom. The highest BCUT2D eigenvalue weighted by Gasteiger charge is 2.05. The van der Waals surface area contributed by atoms with Gasteiger partial charge >= 0.3 is 0 Å². The zero-order valence-corrected chi connectivity index (χ0v) is 8.31. The third-order valence-corrected chi connectivity index (χ3v) is 1.92. The van der Waals surface area contributed by atoms with Gasteiger partial charge in [-0.25, -0.2) is 4.98 Å². The summed E-state index contributed by atoms with van der Waals surface area (Å²) in [6.45, 7) is 2.61. The lowest BCUT2D eigenvalue weighted by Gasteiger charge is -2.10.